The first-order valence-corrected chi connectivity index (χ1v) is 14.0. The summed E-state index contributed by atoms with van der Waals surface area (Å²) in [4.78, 5) is 15.9. The van der Waals surface area contributed by atoms with Crippen molar-refractivity contribution in [1.82, 2.24) is 5.32 Å². The molecule has 188 valence electrons. The number of allylic oxidation sites excluding steroid dienone is 2. The number of ether oxygens (including phenoxy) is 2. The lowest BCUT2D eigenvalue weighted by Crippen LogP contribution is -2.35. The van der Waals surface area contributed by atoms with Crippen LogP contribution in [0.25, 0.3) is 11.1 Å². The van der Waals surface area contributed by atoms with E-state index >= 15 is 0 Å². The highest BCUT2D eigenvalue weighted by molar-refractivity contribution is 9.11. The number of amides is 1. The first kappa shape index (κ1) is 23.8. The fraction of sp³-hybridized carbons (Fsp3) is 0.433. The van der Waals surface area contributed by atoms with Crippen LogP contribution in [0.2, 0.25) is 0 Å². The molecule has 5 nitrogen and oxygen atoms in total. The van der Waals surface area contributed by atoms with Crippen molar-refractivity contribution in [2.45, 2.75) is 57.5 Å². The number of nitrogens with zero attached hydrogens (tertiary/aromatic N) is 1. The summed E-state index contributed by atoms with van der Waals surface area (Å²) in [5.41, 5.74) is 9.68. The van der Waals surface area contributed by atoms with E-state index in [0.29, 0.717) is 6.54 Å². The zero-order valence-corrected chi connectivity index (χ0v) is 22.6. The van der Waals surface area contributed by atoms with Gasteiger partial charge in [-0.1, -0.05) is 53.6 Å². The molecule has 6 rings (SSSR count). The molecule has 2 atom stereocenters. The van der Waals surface area contributed by atoms with Gasteiger partial charge in [-0.05, 0) is 65.6 Å². The largest absolute Gasteiger partial charge is 0.497 e. The fourth-order valence-corrected chi connectivity index (χ4v) is 6.91. The van der Waals surface area contributed by atoms with Crippen LogP contribution in [0.4, 0.5) is 5.69 Å². The van der Waals surface area contributed by atoms with E-state index in [1.54, 1.807) is 7.11 Å². The van der Waals surface area contributed by atoms with Crippen LogP contribution in [0, 0.1) is 0 Å². The van der Waals surface area contributed by atoms with Crippen molar-refractivity contribution < 1.29 is 14.3 Å². The number of rotatable bonds is 8. The maximum atomic E-state index is 13.3. The van der Waals surface area contributed by atoms with Gasteiger partial charge >= 0.3 is 0 Å². The highest BCUT2D eigenvalue weighted by Crippen LogP contribution is 2.55. The number of benzene rings is 2. The maximum Gasteiger partial charge on any atom is 0.252 e. The molecule has 2 unspecified atom stereocenters. The van der Waals surface area contributed by atoms with Crippen LogP contribution in [0.3, 0.4) is 0 Å². The monoisotopic (exact) mass is 548 g/mol. The molecule has 6 heteroatoms. The van der Waals surface area contributed by atoms with Crippen LogP contribution < -0.4 is 15.0 Å². The fourth-order valence-electron chi connectivity index (χ4n) is 6.47. The molecule has 4 aliphatic rings. The molecule has 1 N–H and O–H groups in total. The standard InChI is InChI=1S/C30H33BrN2O3/c1-3-4-13-36-14-5-12-33-25-11-7-19(31)16-23(25)27-24-17-32-30(34)28(24)26-21-10-8-20(35-2)15-18(21)6-9-22(26)29(27)33/h7-8,10-11,15-16,23,25H,3-6,9,12-14,17H2,1-2H3,(H,32,34). The highest BCUT2D eigenvalue weighted by Gasteiger charge is 2.45. The smallest absolute Gasteiger partial charge is 0.252 e. The number of hydrogen-bond donors (Lipinski definition) is 1. The number of nitrogens with one attached hydrogen (secondary N) is 1. The summed E-state index contributed by atoms with van der Waals surface area (Å²) in [6.07, 6.45) is 12.0. The molecule has 2 aromatic carbocycles. The van der Waals surface area contributed by atoms with Gasteiger partial charge < -0.3 is 19.7 Å². The summed E-state index contributed by atoms with van der Waals surface area (Å²) in [5.74, 6) is 1.17. The molecule has 2 heterocycles. The minimum Gasteiger partial charge on any atom is -0.497 e. The topological polar surface area (TPSA) is 50.8 Å². The number of aryl methyl sites for hydroxylation is 1. The molecule has 0 spiro atoms. The molecule has 1 amide bonds. The number of methoxy groups -OCH3 is 1. The Kier molecular flexibility index (Phi) is 6.42. The van der Waals surface area contributed by atoms with Gasteiger partial charge in [0.15, 0.2) is 0 Å². The van der Waals surface area contributed by atoms with Gasteiger partial charge in [-0.3, -0.25) is 4.79 Å². The number of fused-ring (bicyclic) bond motifs is 10. The molecule has 2 aliphatic carbocycles. The Balaban J connectivity index is 1.48. The van der Waals surface area contributed by atoms with Crippen molar-refractivity contribution in [2.75, 3.05) is 31.8 Å². The molecular weight excluding hydrogens is 516 g/mol. The lowest BCUT2D eigenvalue weighted by atomic mass is 9.77. The molecular formula is C30H33BrN2O3. The van der Waals surface area contributed by atoms with Crippen molar-refractivity contribution in [3.8, 4) is 16.9 Å². The minimum atomic E-state index is 0.0569. The first-order chi connectivity index (χ1) is 17.6. The van der Waals surface area contributed by atoms with Crippen LogP contribution in [0.1, 0.15) is 64.7 Å². The van der Waals surface area contributed by atoms with Crippen molar-refractivity contribution in [3.63, 3.8) is 0 Å². The average Bonchev–Trinajstić information content (AvgIpc) is 3.43. The predicted octanol–water partition coefficient (Wildman–Crippen LogP) is 6.03. The number of hydrogen-bond acceptors (Lipinski definition) is 4. The Bertz CT molecular complexity index is 1280. The van der Waals surface area contributed by atoms with Gasteiger partial charge in [0.1, 0.15) is 5.75 Å². The predicted molar refractivity (Wildman–Crippen MR) is 147 cm³/mol. The Morgan fingerprint density at radius 2 is 2.00 bits per heavy atom. The third-order valence-electron chi connectivity index (χ3n) is 8.07. The number of anilines is 1. The molecule has 0 radical (unpaired) electrons. The molecule has 0 saturated heterocycles. The summed E-state index contributed by atoms with van der Waals surface area (Å²) in [7, 11) is 1.71. The van der Waals surface area contributed by atoms with Crippen molar-refractivity contribution in [1.29, 1.82) is 0 Å². The third-order valence-corrected chi connectivity index (χ3v) is 8.60. The zero-order valence-electron chi connectivity index (χ0n) is 21.0. The summed E-state index contributed by atoms with van der Waals surface area (Å²) in [6.45, 7) is 5.36. The quantitative estimate of drug-likeness (QED) is 0.409. The van der Waals surface area contributed by atoms with Gasteiger partial charge in [-0.15, -0.1) is 0 Å². The van der Waals surface area contributed by atoms with Crippen molar-refractivity contribution >= 4 is 27.5 Å². The number of carbonyl (C=O) groups is 1. The number of carbonyl (C=O) groups excluding carboxylic acids is 1. The van der Waals surface area contributed by atoms with E-state index in [2.05, 4.69) is 63.4 Å². The van der Waals surface area contributed by atoms with E-state index in [-0.39, 0.29) is 17.9 Å². The van der Waals surface area contributed by atoms with Crippen LogP contribution in [0.5, 0.6) is 5.75 Å². The van der Waals surface area contributed by atoms with E-state index < -0.39 is 0 Å². The molecule has 0 saturated carbocycles. The van der Waals surface area contributed by atoms with E-state index in [1.165, 1.54) is 33.5 Å². The number of unbranched alkanes of at least 4 members (excludes halogenated alkanes) is 1. The molecule has 0 fully saturated rings. The van der Waals surface area contributed by atoms with E-state index in [0.717, 1.165) is 73.2 Å². The van der Waals surface area contributed by atoms with Crippen molar-refractivity contribution in [3.05, 3.63) is 68.7 Å². The van der Waals surface area contributed by atoms with Gasteiger partial charge in [0.2, 0.25) is 0 Å². The number of halogens is 1. The van der Waals surface area contributed by atoms with E-state index in [9.17, 15) is 4.79 Å². The molecule has 0 aromatic heterocycles. The third kappa shape index (κ3) is 3.81. The van der Waals surface area contributed by atoms with Crippen molar-refractivity contribution in [2.24, 2.45) is 0 Å². The lowest BCUT2D eigenvalue weighted by Gasteiger charge is -2.32. The van der Waals surface area contributed by atoms with Crippen LogP contribution >= 0.6 is 15.9 Å². The summed E-state index contributed by atoms with van der Waals surface area (Å²) >= 11 is 3.73. The highest BCUT2D eigenvalue weighted by atomic mass is 79.9. The SMILES string of the molecule is CCCCOCCCN1c2c3c(c4c(c2C2C=C(Br)C=CC21)CNC4=O)-c1ccc(OC)cc1CC3. The second-order valence-electron chi connectivity index (χ2n) is 10.1. The molecule has 2 aromatic rings. The molecule has 36 heavy (non-hydrogen) atoms. The average molecular weight is 550 g/mol. The summed E-state index contributed by atoms with van der Waals surface area (Å²) in [5, 5.41) is 3.16. The lowest BCUT2D eigenvalue weighted by molar-refractivity contribution is 0.0966. The second kappa shape index (κ2) is 9.71. The molecule has 2 aliphatic heterocycles. The Hall–Kier alpha value is -2.57. The summed E-state index contributed by atoms with van der Waals surface area (Å²) < 4.78 is 12.5. The Morgan fingerprint density at radius 1 is 1.14 bits per heavy atom. The van der Waals surface area contributed by atoms with Gasteiger partial charge in [-0.25, -0.2) is 0 Å². The van der Waals surface area contributed by atoms with Gasteiger partial charge in [-0.2, -0.15) is 0 Å². The van der Waals surface area contributed by atoms with Gasteiger partial charge in [0, 0.05) is 48.0 Å². The zero-order chi connectivity index (χ0) is 24.8. The Morgan fingerprint density at radius 3 is 2.83 bits per heavy atom. The van der Waals surface area contributed by atoms with Crippen LogP contribution in [-0.4, -0.2) is 38.8 Å². The normalized spacial score (nSPS) is 20.8. The maximum absolute atomic E-state index is 13.3. The van der Waals surface area contributed by atoms with Crippen LogP contribution in [-0.2, 0) is 24.1 Å². The first-order valence-electron chi connectivity index (χ1n) is 13.2. The van der Waals surface area contributed by atoms with E-state index in [4.69, 9.17) is 9.47 Å². The van der Waals surface area contributed by atoms with E-state index in [1.807, 2.05) is 6.07 Å². The second-order valence-corrected chi connectivity index (χ2v) is 11.0. The summed E-state index contributed by atoms with van der Waals surface area (Å²) in [6, 6.07) is 6.57. The molecule has 0 bridgehead atoms. The van der Waals surface area contributed by atoms with Gasteiger partial charge in [0.25, 0.3) is 5.91 Å². The van der Waals surface area contributed by atoms with Crippen LogP contribution in [0.15, 0.2) is 40.9 Å². The minimum absolute atomic E-state index is 0.0569. The Labute approximate surface area is 221 Å². The van der Waals surface area contributed by atoms with Gasteiger partial charge in [0.05, 0.1) is 18.7 Å².